The van der Waals surface area contributed by atoms with Gasteiger partial charge >= 0.3 is 0 Å². The Morgan fingerprint density at radius 1 is 1.12 bits per heavy atom. The Bertz CT molecular complexity index is 410. The molecule has 1 fully saturated rings. The van der Waals surface area contributed by atoms with Crippen LogP contribution in [-0.4, -0.2) is 22.4 Å². The molecule has 1 aromatic carbocycles. The summed E-state index contributed by atoms with van der Waals surface area (Å²) in [6, 6.07) is 6.71. The zero-order valence-electron chi connectivity index (χ0n) is 8.78. The normalized spacial score (nSPS) is 35.6. The summed E-state index contributed by atoms with van der Waals surface area (Å²) in [7, 11) is 0. The third-order valence-corrected chi connectivity index (χ3v) is 3.47. The van der Waals surface area contributed by atoms with Gasteiger partial charge in [0.15, 0.2) is 0 Å². The van der Waals surface area contributed by atoms with Gasteiger partial charge < -0.3 is 14.9 Å². The van der Waals surface area contributed by atoms with Gasteiger partial charge in [-0.05, 0) is 30.7 Å². The van der Waals surface area contributed by atoms with E-state index >= 15 is 0 Å². The van der Waals surface area contributed by atoms with Crippen molar-refractivity contribution in [2.75, 3.05) is 0 Å². The highest BCUT2D eigenvalue weighted by molar-refractivity contribution is 5.31. The monoisotopic (exact) mass is 218 g/mol. The Hall–Kier alpha value is -1.48. The van der Waals surface area contributed by atoms with Gasteiger partial charge in [-0.2, -0.15) is 0 Å². The zero-order valence-corrected chi connectivity index (χ0v) is 8.78. The van der Waals surface area contributed by atoms with E-state index in [1.54, 1.807) is 24.3 Å². The molecule has 0 aromatic heterocycles. The fraction of sp³-hybridized carbons (Fsp3) is 0.385. The molecule has 2 aliphatic rings. The summed E-state index contributed by atoms with van der Waals surface area (Å²) in [4.78, 5) is 0. The van der Waals surface area contributed by atoms with E-state index in [1.807, 2.05) is 6.08 Å². The molecule has 16 heavy (non-hydrogen) atoms. The zero-order chi connectivity index (χ0) is 11.1. The topological polar surface area (TPSA) is 49.7 Å². The minimum atomic E-state index is -0.276. The van der Waals surface area contributed by atoms with Gasteiger partial charge in [0.25, 0.3) is 0 Å². The van der Waals surface area contributed by atoms with Gasteiger partial charge in [0, 0.05) is 11.8 Å². The van der Waals surface area contributed by atoms with E-state index in [0.717, 1.165) is 12.2 Å². The molecule has 3 heteroatoms. The average Bonchev–Trinajstić information content (AvgIpc) is 2.78. The molecule has 84 valence electrons. The summed E-state index contributed by atoms with van der Waals surface area (Å²) in [6.07, 6.45) is 4.79. The lowest BCUT2D eigenvalue weighted by Gasteiger charge is -2.20. The number of phenolic OH excluding ortho intramolecular Hbond substituents is 1. The van der Waals surface area contributed by atoms with Crippen molar-refractivity contribution in [3.05, 3.63) is 36.4 Å². The number of aromatic hydroxyl groups is 1. The molecule has 0 heterocycles. The van der Waals surface area contributed by atoms with Crippen molar-refractivity contribution in [3.8, 4) is 11.5 Å². The Morgan fingerprint density at radius 2 is 1.88 bits per heavy atom. The molecular formula is C13H14O3. The highest BCUT2D eigenvalue weighted by Crippen LogP contribution is 2.41. The smallest absolute Gasteiger partial charge is 0.120 e. The second kappa shape index (κ2) is 3.52. The van der Waals surface area contributed by atoms with Gasteiger partial charge in [-0.1, -0.05) is 12.2 Å². The summed E-state index contributed by atoms with van der Waals surface area (Å²) in [5.41, 5.74) is 0. The standard InChI is InChI=1S/C13H14O3/c14-9-2-4-10(5-3-9)16-12-7-8-1-6-11(12)13(8)15/h1-6,8,11-15H,7H2. The van der Waals surface area contributed by atoms with E-state index in [1.165, 1.54) is 0 Å². The van der Waals surface area contributed by atoms with Crippen molar-refractivity contribution in [2.45, 2.75) is 18.6 Å². The van der Waals surface area contributed by atoms with E-state index in [2.05, 4.69) is 6.08 Å². The van der Waals surface area contributed by atoms with Crippen molar-refractivity contribution in [1.29, 1.82) is 0 Å². The maximum atomic E-state index is 9.84. The molecule has 0 radical (unpaired) electrons. The molecule has 4 unspecified atom stereocenters. The maximum absolute atomic E-state index is 9.84. The fourth-order valence-electron chi connectivity index (χ4n) is 2.60. The molecule has 4 atom stereocenters. The molecule has 2 bridgehead atoms. The van der Waals surface area contributed by atoms with Crippen LogP contribution in [-0.2, 0) is 0 Å². The predicted molar refractivity (Wildman–Crippen MR) is 59.3 cm³/mol. The van der Waals surface area contributed by atoms with E-state index in [-0.39, 0.29) is 29.8 Å². The van der Waals surface area contributed by atoms with Gasteiger partial charge in [0.2, 0.25) is 0 Å². The number of ether oxygens (including phenoxy) is 1. The van der Waals surface area contributed by atoms with Crippen molar-refractivity contribution in [3.63, 3.8) is 0 Å². The molecule has 1 aromatic rings. The van der Waals surface area contributed by atoms with Crippen molar-refractivity contribution < 1.29 is 14.9 Å². The molecule has 0 saturated heterocycles. The number of aliphatic hydroxyl groups excluding tert-OH is 1. The lowest BCUT2D eigenvalue weighted by atomic mass is 10.0. The van der Waals surface area contributed by atoms with Gasteiger partial charge in [-0.3, -0.25) is 0 Å². The Balaban J connectivity index is 1.72. The van der Waals surface area contributed by atoms with Crippen LogP contribution in [0.3, 0.4) is 0 Å². The molecule has 3 nitrogen and oxygen atoms in total. The Morgan fingerprint density at radius 3 is 2.44 bits per heavy atom. The first kappa shape index (κ1) is 9.73. The first-order valence-corrected chi connectivity index (χ1v) is 5.56. The second-order valence-corrected chi connectivity index (χ2v) is 4.50. The van der Waals surface area contributed by atoms with Gasteiger partial charge in [0.05, 0.1) is 6.10 Å². The fourth-order valence-corrected chi connectivity index (χ4v) is 2.60. The van der Waals surface area contributed by atoms with Crippen LogP contribution in [0.5, 0.6) is 11.5 Å². The van der Waals surface area contributed by atoms with Crippen LogP contribution in [0.4, 0.5) is 0 Å². The van der Waals surface area contributed by atoms with Gasteiger partial charge in [-0.25, -0.2) is 0 Å². The van der Waals surface area contributed by atoms with Crippen LogP contribution in [0.1, 0.15) is 6.42 Å². The second-order valence-electron chi connectivity index (χ2n) is 4.50. The summed E-state index contributed by atoms with van der Waals surface area (Å²) in [6.45, 7) is 0. The summed E-state index contributed by atoms with van der Waals surface area (Å²) in [5, 5.41) is 19.0. The third kappa shape index (κ3) is 1.48. The summed E-state index contributed by atoms with van der Waals surface area (Å²) < 4.78 is 5.81. The quantitative estimate of drug-likeness (QED) is 0.743. The molecular weight excluding hydrogens is 204 g/mol. The van der Waals surface area contributed by atoms with E-state index in [9.17, 15) is 5.11 Å². The van der Waals surface area contributed by atoms with Crippen LogP contribution >= 0.6 is 0 Å². The van der Waals surface area contributed by atoms with Crippen LogP contribution in [0.2, 0.25) is 0 Å². The SMILES string of the molecule is Oc1ccc(OC2CC3C=CC2C3O)cc1. The summed E-state index contributed by atoms with van der Waals surface area (Å²) in [5.74, 6) is 1.36. The number of phenols is 1. The molecule has 3 rings (SSSR count). The largest absolute Gasteiger partial charge is 0.508 e. The van der Waals surface area contributed by atoms with Crippen LogP contribution in [0.15, 0.2) is 36.4 Å². The van der Waals surface area contributed by atoms with Crippen molar-refractivity contribution >= 4 is 0 Å². The molecule has 0 spiro atoms. The molecule has 1 saturated carbocycles. The minimum Gasteiger partial charge on any atom is -0.508 e. The van der Waals surface area contributed by atoms with Gasteiger partial charge in [0.1, 0.15) is 17.6 Å². The maximum Gasteiger partial charge on any atom is 0.120 e. The molecule has 2 aliphatic carbocycles. The van der Waals surface area contributed by atoms with E-state index in [4.69, 9.17) is 9.84 Å². The first-order valence-electron chi connectivity index (χ1n) is 5.56. The number of aliphatic hydroxyl groups is 1. The average molecular weight is 218 g/mol. The van der Waals surface area contributed by atoms with E-state index in [0.29, 0.717) is 0 Å². The van der Waals surface area contributed by atoms with Crippen LogP contribution < -0.4 is 4.74 Å². The number of hydrogen-bond donors (Lipinski definition) is 2. The van der Waals surface area contributed by atoms with Crippen molar-refractivity contribution in [2.24, 2.45) is 11.8 Å². The lowest BCUT2D eigenvalue weighted by molar-refractivity contribution is 0.104. The highest BCUT2D eigenvalue weighted by Gasteiger charge is 2.45. The Labute approximate surface area is 94.0 Å². The lowest BCUT2D eigenvalue weighted by Crippen LogP contribution is -2.24. The number of rotatable bonds is 2. The van der Waals surface area contributed by atoms with Crippen LogP contribution in [0, 0.1) is 11.8 Å². The molecule has 0 aliphatic heterocycles. The summed E-state index contributed by atoms with van der Waals surface area (Å²) >= 11 is 0. The first-order chi connectivity index (χ1) is 7.74. The minimum absolute atomic E-state index is 0.0644. The Kier molecular flexibility index (Phi) is 2.14. The number of hydrogen-bond acceptors (Lipinski definition) is 3. The number of benzene rings is 1. The molecule has 2 N–H and O–H groups in total. The number of fused-ring (bicyclic) bond motifs is 2. The third-order valence-electron chi connectivity index (χ3n) is 3.47. The van der Waals surface area contributed by atoms with Gasteiger partial charge in [-0.15, -0.1) is 0 Å². The predicted octanol–water partition coefficient (Wildman–Crippen LogP) is 1.71. The van der Waals surface area contributed by atoms with Crippen LogP contribution in [0.25, 0.3) is 0 Å². The van der Waals surface area contributed by atoms with Crippen molar-refractivity contribution in [1.82, 2.24) is 0 Å². The molecule has 0 amide bonds. The van der Waals surface area contributed by atoms with E-state index < -0.39 is 0 Å². The highest BCUT2D eigenvalue weighted by atomic mass is 16.5.